The maximum Gasteiger partial charge on any atom is 0.571 e. The molecule has 12 heteroatoms. The lowest BCUT2D eigenvalue weighted by Gasteiger charge is -2.26. The average Bonchev–Trinajstić information content (AvgIpc) is 3.64. The van der Waals surface area contributed by atoms with E-state index in [0.29, 0.717) is 47.1 Å². The van der Waals surface area contributed by atoms with Gasteiger partial charge in [-0.25, -0.2) is 24.5 Å². The number of hydrogen-bond acceptors (Lipinski definition) is 8. The van der Waals surface area contributed by atoms with Gasteiger partial charge < -0.3 is 13.4 Å². The first kappa shape index (κ1) is 25.6. The number of phosphoric acid groups is 1. The predicted octanol–water partition coefficient (Wildman–Crippen LogP) is 5.69. The van der Waals surface area contributed by atoms with Gasteiger partial charge in [0.2, 0.25) is 0 Å². The number of phosphoric ester groups is 1. The Morgan fingerprint density at radius 2 is 1.14 bits per heavy atom. The summed E-state index contributed by atoms with van der Waals surface area (Å²) in [7, 11) is -5.07. The fourth-order valence-electron chi connectivity index (χ4n) is 5.74. The van der Waals surface area contributed by atoms with Gasteiger partial charge in [0.1, 0.15) is 22.6 Å². The van der Waals surface area contributed by atoms with Crippen LogP contribution in [0.2, 0.25) is 0 Å². The van der Waals surface area contributed by atoms with E-state index in [2.05, 4.69) is 0 Å². The lowest BCUT2D eigenvalue weighted by molar-refractivity contribution is 0.153. The molecule has 0 unspecified atom stereocenters. The van der Waals surface area contributed by atoms with E-state index in [1.54, 1.807) is 0 Å². The van der Waals surface area contributed by atoms with Gasteiger partial charge in [0.05, 0.1) is 13.2 Å². The van der Waals surface area contributed by atoms with Crippen LogP contribution in [0.5, 0.6) is 0 Å². The van der Waals surface area contributed by atoms with Gasteiger partial charge in [0.25, 0.3) is 0 Å². The van der Waals surface area contributed by atoms with Crippen molar-refractivity contribution in [2.24, 2.45) is 20.0 Å². The molecule has 10 nitrogen and oxygen atoms in total. The SMILES string of the molecule is CCCOP(=O)(OCCC)OB1n2c3c4ccccc4c2N=c2c4ccccc4c(n21)=NC1=NC(=N3)c2ccccc21. The summed E-state index contributed by atoms with van der Waals surface area (Å²) in [6.45, 7) is 4.33. The van der Waals surface area contributed by atoms with Crippen LogP contribution in [0, 0.1) is 0 Å². The highest BCUT2D eigenvalue weighted by Gasteiger charge is 2.44. The second-order valence-corrected chi connectivity index (χ2v) is 11.9. The monoisotopic (exact) mass is 576 g/mol. The van der Waals surface area contributed by atoms with E-state index in [9.17, 15) is 4.57 Å². The van der Waals surface area contributed by atoms with Gasteiger partial charge in [-0.1, -0.05) is 86.6 Å². The Morgan fingerprint density at radius 1 is 0.643 bits per heavy atom. The van der Waals surface area contributed by atoms with Crippen LogP contribution < -0.4 is 11.0 Å². The number of hydrogen-bond donors (Lipinski definition) is 0. The summed E-state index contributed by atoms with van der Waals surface area (Å²) in [4.78, 5) is 20.3. The molecule has 3 aromatic carbocycles. The summed E-state index contributed by atoms with van der Waals surface area (Å²) >= 11 is 0. The highest BCUT2D eigenvalue weighted by atomic mass is 31.2. The lowest BCUT2D eigenvalue weighted by Crippen LogP contribution is -2.50. The third-order valence-corrected chi connectivity index (χ3v) is 9.00. The minimum absolute atomic E-state index is 0.220. The Hall–Kier alpha value is -4.15. The molecule has 4 bridgehead atoms. The molecular weight excluding hydrogens is 550 g/mol. The summed E-state index contributed by atoms with van der Waals surface area (Å²) in [5, 5.41) is 3.50. The summed E-state index contributed by atoms with van der Waals surface area (Å²) in [5.41, 5.74) is 2.98. The first-order valence-electron chi connectivity index (χ1n) is 14.1. The minimum atomic E-state index is -4.05. The van der Waals surface area contributed by atoms with E-state index in [0.717, 1.165) is 32.7 Å². The fraction of sp³-hybridized carbons (Fsp3) is 0.200. The lowest BCUT2D eigenvalue weighted by atomic mass is 10.00. The number of rotatable bonds is 8. The van der Waals surface area contributed by atoms with Crippen molar-refractivity contribution in [1.29, 1.82) is 0 Å². The maximum absolute atomic E-state index is 14.2. The normalized spacial score (nSPS) is 14.9. The number of nitrogens with zero attached hydrogens (tertiary/aromatic N) is 6. The Bertz CT molecular complexity index is 2160. The molecule has 0 spiro atoms. The van der Waals surface area contributed by atoms with Crippen LogP contribution in [-0.4, -0.2) is 41.0 Å². The van der Waals surface area contributed by atoms with Crippen molar-refractivity contribution in [1.82, 2.24) is 8.96 Å². The Labute approximate surface area is 241 Å². The molecule has 0 saturated heterocycles. The summed E-state index contributed by atoms with van der Waals surface area (Å²) in [6, 6.07) is 23.8. The number of fused-ring (bicyclic) bond motifs is 10. The van der Waals surface area contributed by atoms with E-state index < -0.39 is 15.0 Å². The molecule has 42 heavy (non-hydrogen) atoms. The van der Waals surface area contributed by atoms with Crippen LogP contribution in [0.25, 0.3) is 21.5 Å². The molecule has 208 valence electrons. The molecule has 3 aliphatic rings. The maximum atomic E-state index is 14.2. The van der Waals surface area contributed by atoms with Crippen LogP contribution in [0.4, 0.5) is 11.6 Å². The molecule has 2 aromatic heterocycles. The predicted molar refractivity (Wildman–Crippen MR) is 163 cm³/mol. The highest BCUT2D eigenvalue weighted by molar-refractivity contribution is 7.49. The zero-order chi connectivity index (χ0) is 28.4. The van der Waals surface area contributed by atoms with Crippen LogP contribution in [-0.2, 0) is 18.1 Å². The van der Waals surface area contributed by atoms with Crippen molar-refractivity contribution in [3.63, 3.8) is 0 Å². The minimum Gasteiger partial charge on any atom is -0.307 e. The zero-order valence-corrected chi connectivity index (χ0v) is 24.0. The van der Waals surface area contributed by atoms with Gasteiger partial charge in [-0.2, -0.15) is 0 Å². The van der Waals surface area contributed by atoms with Gasteiger partial charge in [0.15, 0.2) is 11.7 Å². The van der Waals surface area contributed by atoms with Crippen molar-refractivity contribution in [2.75, 3.05) is 13.2 Å². The van der Waals surface area contributed by atoms with Gasteiger partial charge in [-0.05, 0) is 12.8 Å². The largest absolute Gasteiger partial charge is 0.571 e. The van der Waals surface area contributed by atoms with Gasteiger partial charge in [-0.3, -0.25) is 9.05 Å². The van der Waals surface area contributed by atoms with E-state index in [1.165, 1.54) is 0 Å². The van der Waals surface area contributed by atoms with Crippen molar-refractivity contribution < 1.29 is 18.1 Å². The molecule has 0 atom stereocenters. The molecule has 0 fully saturated rings. The molecule has 8 rings (SSSR count). The highest BCUT2D eigenvalue weighted by Crippen LogP contribution is 2.52. The summed E-state index contributed by atoms with van der Waals surface area (Å²) < 4.78 is 36.1. The zero-order valence-electron chi connectivity index (χ0n) is 23.1. The molecule has 5 heterocycles. The van der Waals surface area contributed by atoms with Crippen molar-refractivity contribution >= 4 is 59.9 Å². The van der Waals surface area contributed by atoms with E-state index in [1.807, 2.05) is 95.6 Å². The number of aromatic nitrogens is 2. The van der Waals surface area contributed by atoms with Gasteiger partial charge >= 0.3 is 15.0 Å². The van der Waals surface area contributed by atoms with Gasteiger partial charge in [-0.15, -0.1) is 0 Å². The van der Waals surface area contributed by atoms with Crippen LogP contribution in [0.3, 0.4) is 0 Å². The topological polar surface area (TPSA) is 104 Å². The molecule has 5 aromatic rings. The quantitative estimate of drug-likeness (QED) is 0.175. The molecule has 0 N–H and O–H groups in total. The van der Waals surface area contributed by atoms with E-state index >= 15 is 0 Å². The Morgan fingerprint density at radius 3 is 1.74 bits per heavy atom. The van der Waals surface area contributed by atoms with Crippen molar-refractivity contribution in [3.05, 3.63) is 94.9 Å². The van der Waals surface area contributed by atoms with Gasteiger partial charge in [0, 0.05) is 32.7 Å². The third-order valence-electron chi connectivity index (χ3n) is 7.56. The summed E-state index contributed by atoms with van der Waals surface area (Å²) in [6.07, 6.45) is 1.30. The van der Waals surface area contributed by atoms with Crippen LogP contribution in [0.1, 0.15) is 37.8 Å². The Balaban J connectivity index is 1.53. The number of benzene rings is 3. The smallest absolute Gasteiger partial charge is 0.307 e. The number of aliphatic imine (C=N–C) groups is 2. The molecule has 0 radical (unpaired) electrons. The van der Waals surface area contributed by atoms with E-state index in [-0.39, 0.29) is 13.2 Å². The molecule has 0 amide bonds. The molecular formula is C30H26BN6O4P. The average molecular weight is 576 g/mol. The first-order chi connectivity index (χ1) is 20.6. The van der Waals surface area contributed by atoms with Crippen LogP contribution in [0.15, 0.2) is 92.8 Å². The first-order valence-corrected chi connectivity index (χ1v) is 15.6. The van der Waals surface area contributed by atoms with Crippen LogP contribution >= 0.6 is 7.82 Å². The second kappa shape index (κ2) is 9.71. The fourth-order valence-corrected chi connectivity index (χ4v) is 7.16. The van der Waals surface area contributed by atoms with E-state index in [4.69, 9.17) is 33.5 Å². The summed E-state index contributed by atoms with van der Waals surface area (Å²) in [5.74, 6) is 2.29. The molecule has 0 aliphatic carbocycles. The standard InChI is InChI=1S/C30H26BN6O4P/c1-3-17-39-42(38,40-18-4-2)41-31-36-27-21-13-7-9-15-23(21)29(36)35-30-24-16-10-8-14-22(24)28(37(30)31)34-26-20-12-6-5-11-19(20)25(32-26)33-27/h5-16H,3-4,17-18H2,1-2H3. The number of amidine groups is 2. The molecule has 0 saturated carbocycles. The van der Waals surface area contributed by atoms with Crippen molar-refractivity contribution in [3.8, 4) is 0 Å². The third kappa shape index (κ3) is 3.74. The second-order valence-electron chi connectivity index (χ2n) is 10.3. The van der Waals surface area contributed by atoms with Crippen molar-refractivity contribution in [2.45, 2.75) is 26.7 Å². The molecule has 3 aliphatic heterocycles. The Kier molecular flexibility index (Phi) is 5.91.